The number of halogens is 2. The van der Waals surface area contributed by atoms with Gasteiger partial charge in [0.1, 0.15) is 0 Å². The largest absolute Gasteiger partial charge is 0.348 e. The minimum Gasteiger partial charge on any atom is -0.348 e. The Hall–Kier alpha value is -1.55. The van der Waals surface area contributed by atoms with Crippen LogP contribution in [-0.4, -0.2) is 24.9 Å². The molecule has 0 aliphatic rings. The van der Waals surface area contributed by atoms with Crippen LogP contribution < -0.4 is 5.32 Å². The first-order valence-corrected chi connectivity index (χ1v) is 7.68. The molecule has 1 N–H and O–H groups in total. The number of hydrogen-bond acceptors (Lipinski definition) is 2. The van der Waals surface area contributed by atoms with Crippen molar-refractivity contribution in [3.8, 4) is 0 Å². The number of amides is 1. The Morgan fingerprint density at radius 1 is 1.05 bits per heavy atom. The standard InChI is InChI=1S/C17H18Cl2N2O/c1-21(2)11-13-7-4-3-6-12(13)10-20-17(22)14-8-5-9-15(18)16(14)19/h3-9H,10-11H2,1-2H3,(H,20,22). The van der Waals surface area contributed by atoms with Crippen LogP contribution in [0.4, 0.5) is 0 Å². The van der Waals surface area contributed by atoms with Gasteiger partial charge < -0.3 is 10.2 Å². The monoisotopic (exact) mass is 336 g/mol. The maximum atomic E-state index is 12.3. The number of nitrogens with one attached hydrogen (secondary N) is 1. The summed E-state index contributed by atoms with van der Waals surface area (Å²) < 4.78 is 0. The molecule has 0 aromatic heterocycles. The average molecular weight is 337 g/mol. The fourth-order valence-electron chi connectivity index (χ4n) is 2.17. The molecule has 116 valence electrons. The average Bonchev–Trinajstić information content (AvgIpc) is 2.48. The topological polar surface area (TPSA) is 32.3 Å². The van der Waals surface area contributed by atoms with E-state index in [2.05, 4.69) is 16.3 Å². The Kier molecular flexibility index (Phi) is 5.83. The highest BCUT2D eigenvalue weighted by molar-refractivity contribution is 6.43. The molecule has 2 rings (SSSR count). The van der Waals surface area contributed by atoms with Gasteiger partial charge >= 0.3 is 0 Å². The van der Waals surface area contributed by atoms with Crippen LogP contribution in [0.1, 0.15) is 21.5 Å². The van der Waals surface area contributed by atoms with Crippen molar-refractivity contribution in [3.05, 3.63) is 69.2 Å². The molecule has 0 heterocycles. The summed E-state index contributed by atoms with van der Waals surface area (Å²) in [7, 11) is 4.03. The van der Waals surface area contributed by atoms with Crippen molar-refractivity contribution in [2.24, 2.45) is 0 Å². The molecular weight excluding hydrogens is 319 g/mol. The maximum Gasteiger partial charge on any atom is 0.253 e. The molecule has 22 heavy (non-hydrogen) atoms. The van der Waals surface area contributed by atoms with Crippen LogP contribution in [0.25, 0.3) is 0 Å². The van der Waals surface area contributed by atoms with Crippen molar-refractivity contribution >= 4 is 29.1 Å². The summed E-state index contributed by atoms with van der Waals surface area (Å²) in [6.45, 7) is 1.27. The predicted molar refractivity (Wildman–Crippen MR) is 91.5 cm³/mol. The third-order valence-corrected chi connectivity index (χ3v) is 4.06. The van der Waals surface area contributed by atoms with Crippen molar-refractivity contribution < 1.29 is 4.79 Å². The number of carbonyl (C=O) groups is 1. The summed E-state index contributed by atoms with van der Waals surface area (Å²) >= 11 is 12.0. The lowest BCUT2D eigenvalue weighted by Crippen LogP contribution is -2.24. The second-order valence-electron chi connectivity index (χ2n) is 5.29. The van der Waals surface area contributed by atoms with Crippen molar-refractivity contribution in [2.45, 2.75) is 13.1 Å². The molecule has 2 aromatic rings. The van der Waals surface area contributed by atoms with E-state index in [0.29, 0.717) is 17.1 Å². The second kappa shape index (κ2) is 7.63. The minimum absolute atomic E-state index is 0.229. The van der Waals surface area contributed by atoms with E-state index in [1.807, 2.05) is 32.3 Å². The molecule has 3 nitrogen and oxygen atoms in total. The highest BCUT2D eigenvalue weighted by Crippen LogP contribution is 2.25. The first-order valence-electron chi connectivity index (χ1n) is 6.92. The first-order chi connectivity index (χ1) is 10.5. The van der Waals surface area contributed by atoms with Crippen LogP contribution in [0.5, 0.6) is 0 Å². The summed E-state index contributed by atoms with van der Waals surface area (Å²) in [5.41, 5.74) is 2.66. The number of benzene rings is 2. The van der Waals surface area contributed by atoms with Gasteiger partial charge in [-0.1, -0.05) is 53.5 Å². The fraction of sp³-hybridized carbons (Fsp3) is 0.235. The van der Waals surface area contributed by atoms with Gasteiger partial charge in [-0.25, -0.2) is 0 Å². The van der Waals surface area contributed by atoms with E-state index in [1.54, 1.807) is 18.2 Å². The fourth-order valence-corrected chi connectivity index (χ4v) is 2.56. The summed E-state index contributed by atoms with van der Waals surface area (Å²) in [6, 6.07) is 13.1. The molecule has 0 unspecified atom stereocenters. The molecule has 0 aliphatic heterocycles. The molecule has 0 bridgehead atoms. The molecule has 0 fully saturated rings. The van der Waals surface area contributed by atoms with E-state index in [0.717, 1.165) is 12.1 Å². The second-order valence-corrected chi connectivity index (χ2v) is 6.08. The van der Waals surface area contributed by atoms with Gasteiger partial charge in [-0.05, 0) is 37.4 Å². The van der Waals surface area contributed by atoms with Gasteiger partial charge in [-0.3, -0.25) is 4.79 Å². The molecule has 0 aliphatic carbocycles. The summed E-state index contributed by atoms with van der Waals surface area (Å²) in [5, 5.41) is 3.55. The van der Waals surface area contributed by atoms with E-state index in [4.69, 9.17) is 23.2 Å². The first kappa shape index (κ1) is 16.8. The van der Waals surface area contributed by atoms with Crippen LogP contribution in [-0.2, 0) is 13.1 Å². The molecule has 0 saturated carbocycles. The lowest BCUT2D eigenvalue weighted by molar-refractivity contribution is 0.0951. The third kappa shape index (κ3) is 4.23. The van der Waals surface area contributed by atoms with Crippen molar-refractivity contribution in [2.75, 3.05) is 14.1 Å². The van der Waals surface area contributed by atoms with E-state index in [9.17, 15) is 4.79 Å². The zero-order valence-electron chi connectivity index (χ0n) is 12.6. The van der Waals surface area contributed by atoms with Crippen LogP contribution in [0.2, 0.25) is 10.0 Å². The SMILES string of the molecule is CN(C)Cc1ccccc1CNC(=O)c1cccc(Cl)c1Cl. The zero-order chi connectivity index (χ0) is 16.1. The molecule has 5 heteroatoms. The lowest BCUT2D eigenvalue weighted by atomic mass is 10.1. The number of hydrogen-bond donors (Lipinski definition) is 1. The minimum atomic E-state index is -0.229. The van der Waals surface area contributed by atoms with Crippen molar-refractivity contribution in [3.63, 3.8) is 0 Å². The summed E-state index contributed by atoms with van der Waals surface area (Å²) in [4.78, 5) is 14.4. The summed E-state index contributed by atoms with van der Waals surface area (Å²) in [5.74, 6) is -0.229. The van der Waals surface area contributed by atoms with Crippen molar-refractivity contribution in [1.29, 1.82) is 0 Å². The van der Waals surface area contributed by atoms with Gasteiger partial charge in [-0.15, -0.1) is 0 Å². The highest BCUT2D eigenvalue weighted by atomic mass is 35.5. The van der Waals surface area contributed by atoms with Gasteiger partial charge in [0, 0.05) is 13.1 Å². The van der Waals surface area contributed by atoms with Gasteiger partial charge in [0.15, 0.2) is 0 Å². The Balaban J connectivity index is 2.10. The maximum absolute atomic E-state index is 12.3. The van der Waals surface area contributed by atoms with Crippen LogP contribution >= 0.6 is 23.2 Å². The van der Waals surface area contributed by atoms with Gasteiger partial charge in [0.05, 0.1) is 15.6 Å². The smallest absolute Gasteiger partial charge is 0.253 e. The van der Waals surface area contributed by atoms with E-state index in [1.165, 1.54) is 5.56 Å². The van der Waals surface area contributed by atoms with E-state index >= 15 is 0 Å². The Labute approximate surface area is 140 Å². The molecule has 0 atom stereocenters. The van der Waals surface area contributed by atoms with Gasteiger partial charge in [0.2, 0.25) is 0 Å². The molecule has 0 saturated heterocycles. The van der Waals surface area contributed by atoms with Crippen LogP contribution in [0, 0.1) is 0 Å². The zero-order valence-corrected chi connectivity index (χ0v) is 14.1. The molecular formula is C17H18Cl2N2O. The number of rotatable bonds is 5. The lowest BCUT2D eigenvalue weighted by Gasteiger charge is -2.15. The van der Waals surface area contributed by atoms with Crippen LogP contribution in [0.3, 0.4) is 0 Å². The van der Waals surface area contributed by atoms with Gasteiger partial charge in [-0.2, -0.15) is 0 Å². The highest BCUT2D eigenvalue weighted by Gasteiger charge is 2.13. The molecule has 0 radical (unpaired) electrons. The van der Waals surface area contributed by atoms with E-state index < -0.39 is 0 Å². The molecule has 1 amide bonds. The van der Waals surface area contributed by atoms with Crippen LogP contribution in [0.15, 0.2) is 42.5 Å². The van der Waals surface area contributed by atoms with Crippen molar-refractivity contribution in [1.82, 2.24) is 10.2 Å². The molecule has 2 aromatic carbocycles. The Bertz CT molecular complexity index is 671. The number of nitrogens with zero attached hydrogens (tertiary/aromatic N) is 1. The quantitative estimate of drug-likeness (QED) is 0.895. The van der Waals surface area contributed by atoms with Gasteiger partial charge in [0.25, 0.3) is 5.91 Å². The predicted octanol–water partition coefficient (Wildman–Crippen LogP) is 3.99. The Morgan fingerprint density at radius 3 is 2.41 bits per heavy atom. The number of carbonyl (C=O) groups excluding carboxylic acids is 1. The Morgan fingerprint density at radius 2 is 1.73 bits per heavy atom. The summed E-state index contributed by atoms with van der Waals surface area (Å²) in [6.07, 6.45) is 0. The molecule has 0 spiro atoms. The van der Waals surface area contributed by atoms with E-state index in [-0.39, 0.29) is 10.9 Å². The normalized spacial score (nSPS) is 10.8. The third-order valence-electron chi connectivity index (χ3n) is 3.24.